The zero-order valence-corrected chi connectivity index (χ0v) is 20.4. The maximum atomic E-state index is 13.9. The fourth-order valence-electron chi connectivity index (χ4n) is 5.07. The van der Waals surface area contributed by atoms with E-state index in [2.05, 4.69) is 56.6 Å². The van der Waals surface area contributed by atoms with Crippen molar-refractivity contribution in [2.75, 3.05) is 37.6 Å². The van der Waals surface area contributed by atoms with Gasteiger partial charge in [-0.05, 0) is 77.6 Å². The lowest BCUT2D eigenvalue weighted by Gasteiger charge is -2.27. The highest BCUT2D eigenvalue weighted by atomic mass is 16.1. The van der Waals surface area contributed by atoms with Gasteiger partial charge in [0.15, 0.2) is 0 Å². The number of nitrogens with zero attached hydrogens (tertiary/aromatic N) is 4. The normalized spacial score (nSPS) is 14.4. The van der Waals surface area contributed by atoms with Crippen LogP contribution in [0, 0.1) is 27.7 Å². The van der Waals surface area contributed by atoms with E-state index in [1.807, 2.05) is 11.5 Å². The summed E-state index contributed by atoms with van der Waals surface area (Å²) in [6.07, 6.45) is 4.56. The molecule has 3 rings (SSSR count). The Labute approximate surface area is 188 Å². The van der Waals surface area contributed by atoms with Gasteiger partial charge < -0.3 is 9.80 Å². The van der Waals surface area contributed by atoms with Crippen LogP contribution < -0.4 is 10.5 Å². The number of benzene rings is 1. The predicted octanol–water partition coefficient (Wildman–Crippen LogP) is 4.87. The lowest BCUT2D eigenvalue weighted by atomic mass is 9.98. The minimum Gasteiger partial charge on any atom is -0.366 e. The van der Waals surface area contributed by atoms with E-state index in [1.165, 1.54) is 29.5 Å². The second kappa shape index (κ2) is 10.4. The van der Waals surface area contributed by atoms with Crippen LogP contribution in [-0.4, -0.2) is 47.2 Å². The Morgan fingerprint density at radius 2 is 1.52 bits per heavy atom. The van der Waals surface area contributed by atoms with Gasteiger partial charge in [0.25, 0.3) is 5.56 Å². The Hall–Kier alpha value is -2.14. The summed E-state index contributed by atoms with van der Waals surface area (Å²) in [5.41, 5.74) is 6.47. The number of hydrogen-bond acceptors (Lipinski definition) is 4. The van der Waals surface area contributed by atoms with Crippen molar-refractivity contribution in [3.63, 3.8) is 0 Å². The van der Waals surface area contributed by atoms with E-state index in [-0.39, 0.29) is 5.56 Å². The molecule has 0 bridgehead atoms. The lowest BCUT2D eigenvalue weighted by Crippen LogP contribution is -2.37. The SMILES string of the molecule is CCCN(CCC)c1c(C)nc(-c2c(C)cc(C)cc2C)n(CCN2CCCC2)c1=O. The Kier molecular flexibility index (Phi) is 7.93. The van der Waals surface area contributed by atoms with Gasteiger partial charge in [-0.2, -0.15) is 0 Å². The van der Waals surface area contributed by atoms with Crippen molar-refractivity contribution >= 4 is 5.69 Å². The first-order chi connectivity index (χ1) is 14.9. The number of aromatic nitrogens is 2. The molecule has 1 aliphatic heterocycles. The minimum atomic E-state index is 0.114. The molecule has 170 valence electrons. The van der Waals surface area contributed by atoms with Crippen molar-refractivity contribution in [3.8, 4) is 11.4 Å². The average Bonchev–Trinajstić information content (AvgIpc) is 3.20. The molecule has 0 unspecified atom stereocenters. The highest BCUT2D eigenvalue weighted by molar-refractivity contribution is 5.67. The molecule has 1 aliphatic rings. The van der Waals surface area contributed by atoms with Crippen molar-refractivity contribution in [1.82, 2.24) is 14.5 Å². The molecule has 0 spiro atoms. The zero-order chi connectivity index (χ0) is 22.5. The van der Waals surface area contributed by atoms with E-state index in [1.54, 1.807) is 0 Å². The second-order valence-corrected chi connectivity index (χ2v) is 9.14. The van der Waals surface area contributed by atoms with Crippen molar-refractivity contribution < 1.29 is 0 Å². The van der Waals surface area contributed by atoms with Crippen LogP contribution in [-0.2, 0) is 6.54 Å². The third kappa shape index (κ3) is 5.20. The maximum Gasteiger partial charge on any atom is 0.277 e. The summed E-state index contributed by atoms with van der Waals surface area (Å²) in [4.78, 5) is 23.7. The Morgan fingerprint density at radius 1 is 0.935 bits per heavy atom. The molecule has 0 radical (unpaired) electrons. The van der Waals surface area contributed by atoms with Gasteiger partial charge in [-0.15, -0.1) is 0 Å². The summed E-state index contributed by atoms with van der Waals surface area (Å²) < 4.78 is 1.96. The number of likely N-dealkylation sites (tertiary alicyclic amines) is 1. The molecule has 1 fully saturated rings. The summed E-state index contributed by atoms with van der Waals surface area (Å²) in [6.45, 7) is 18.4. The van der Waals surface area contributed by atoms with Crippen LogP contribution in [0.3, 0.4) is 0 Å². The molecular formula is C26H40N4O. The molecule has 2 aromatic rings. The van der Waals surface area contributed by atoms with E-state index < -0.39 is 0 Å². The van der Waals surface area contributed by atoms with Crippen LogP contribution in [0.25, 0.3) is 11.4 Å². The number of aryl methyl sites for hydroxylation is 4. The first kappa shape index (κ1) is 23.5. The van der Waals surface area contributed by atoms with Gasteiger partial charge in [0.05, 0.1) is 5.69 Å². The van der Waals surface area contributed by atoms with Crippen LogP contribution in [0.5, 0.6) is 0 Å². The molecule has 0 saturated carbocycles. The Morgan fingerprint density at radius 3 is 2.06 bits per heavy atom. The van der Waals surface area contributed by atoms with Crippen LogP contribution in [0.2, 0.25) is 0 Å². The monoisotopic (exact) mass is 424 g/mol. The molecule has 1 saturated heterocycles. The number of anilines is 1. The van der Waals surface area contributed by atoms with Gasteiger partial charge in [-0.3, -0.25) is 9.36 Å². The molecule has 1 aromatic heterocycles. The van der Waals surface area contributed by atoms with Gasteiger partial charge in [-0.1, -0.05) is 31.5 Å². The summed E-state index contributed by atoms with van der Waals surface area (Å²) in [5.74, 6) is 0.827. The first-order valence-corrected chi connectivity index (χ1v) is 12.0. The predicted molar refractivity (Wildman–Crippen MR) is 131 cm³/mol. The van der Waals surface area contributed by atoms with E-state index in [0.29, 0.717) is 6.54 Å². The quantitative estimate of drug-likeness (QED) is 0.576. The van der Waals surface area contributed by atoms with Crippen molar-refractivity contribution in [1.29, 1.82) is 0 Å². The molecule has 5 heteroatoms. The highest BCUT2D eigenvalue weighted by Gasteiger charge is 2.22. The average molecular weight is 425 g/mol. The lowest BCUT2D eigenvalue weighted by molar-refractivity contribution is 0.320. The zero-order valence-electron chi connectivity index (χ0n) is 20.4. The summed E-state index contributed by atoms with van der Waals surface area (Å²) in [7, 11) is 0. The van der Waals surface area contributed by atoms with Gasteiger partial charge >= 0.3 is 0 Å². The topological polar surface area (TPSA) is 41.4 Å². The van der Waals surface area contributed by atoms with E-state index in [9.17, 15) is 4.79 Å². The fraction of sp³-hybridized carbons (Fsp3) is 0.615. The molecule has 0 aliphatic carbocycles. The summed E-state index contributed by atoms with van der Waals surface area (Å²) in [5, 5.41) is 0. The number of rotatable bonds is 9. The molecule has 2 heterocycles. The van der Waals surface area contributed by atoms with Crippen LogP contribution >= 0.6 is 0 Å². The van der Waals surface area contributed by atoms with Gasteiger partial charge in [0.1, 0.15) is 11.5 Å². The standard InChI is InChI=1S/C26H40N4O/c1-7-11-29(12-8-2)24-22(6)27-25(23-20(4)17-19(3)18-21(23)5)30(26(24)31)16-15-28-13-9-10-14-28/h17-18H,7-16H2,1-6H3. The molecule has 0 amide bonds. The molecule has 1 aromatic carbocycles. The molecule has 0 atom stereocenters. The van der Waals surface area contributed by atoms with E-state index in [4.69, 9.17) is 4.98 Å². The minimum absolute atomic E-state index is 0.114. The van der Waals surface area contributed by atoms with Gasteiger partial charge in [0.2, 0.25) is 0 Å². The smallest absolute Gasteiger partial charge is 0.277 e. The Balaban J connectivity index is 2.16. The van der Waals surface area contributed by atoms with Crippen LogP contribution in [0.15, 0.2) is 16.9 Å². The summed E-state index contributed by atoms with van der Waals surface area (Å²) in [6, 6.07) is 4.39. The van der Waals surface area contributed by atoms with Crippen LogP contribution in [0.4, 0.5) is 5.69 Å². The van der Waals surface area contributed by atoms with Gasteiger partial charge in [0, 0.05) is 31.7 Å². The van der Waals surface area contributed by atoms with E-state index in [0.717, 1.165) is 68.3 Å². The van der Waals surface area contributed by atoms with Crippen molar-refractivity contribution in [3.05, 3.63) is 44.9 Å². The molecule has 31 heavy (non-hydrogen) atoms. The van der Waals surface area contributed by atoms with Gasteiger partial charge in [-0.25, -0.2) is 4.98 Å². The van der Waals surface area contributed by atoms with Crippen molar-refractivity contribution in [2.24, 2.45) is 0 Å². The maximum absolute atomic E-state index is 13.9. The summed E-state index contributed by atoms with van der Waals surface area (Å²) >= 11 is 0. The third-order valence-electron chi connectivity index (χ3n) is 6.36. The Bertz CT molecular complexity index is 928. The molecular weight excluding hydrogens is 384 g/mol. The number of hydrogen-bond donors (Lipinski definition) is 0. The van der Waals surface area contributed by atoms with Crippen molar-refractivity contribution in [2.45, 2.75) is 73.8 Å². The largest absolute Gasteiger partial charge is 0.366 e. The highest BCUT2D eigenvalue weighted by Crippen LogP contribution is 2.28. The van der Waals surface area contributed by atoms with Crippen LogP contribution in [0.1, 0.15) is 61.9 Å². The fourth-order valence-corrected chi connectivity index (χ4v) is 5.07. The van der Waals surface area contributed by atoms with E-state index >= 15 is 0 Å². The molecule has 0 N–H and O–H groups in total. The molecule has 5 nitrogen and oxygen atoms in total. The third-order valence-corrected chi connectivity index (χ3v) is 6.36. The second-order valence-electron chi connectivity index (χ2n) is 9.14. The first-order valence-electron chi connectivity index (χ1n) is 12.0.